The van der Waals surface area contributed by atoms with Crippen molar-refractivity contribution in [2.45, 2.75) is 12.8 Å². The molecule has 0 spiro atoms. The lowest BCUT2D eigenvalue weighted by Crippen LogP contribution is -2.41. The van der Waals surface area contributed by atoms with Crippen LogP contribution in [0.2, 0.25) is 10.0 Å². The summed E-state index contributed by atoms with van der Waals surface area (Å²) in [6.45, 7) is 0.302. The number of fused-ring (bicyclic) bond motifs is 1. The Kier molecular flexibility index (Phi) is 6.16. The molecular formula is C18H16Cl2N4O3. The third kappa shape index (κ3) is 4.90. The van der Waals surface area contributed by atoms with E-state index in [0.717, 1.165) is 5.39 Å². The SMILES string of the molecule is O=C(CCCOc1ccc(Cl)cc1Cl)NNC(=O)c1cccc2cn[nH]c12. The first kappa shape index (κ1) is 19.0. The first-order chi connectivity index (χ1) is 13.0. The molecule has 0 radical (unpaired) electrons. The fourth-order valence-corrected chi connectivity index (χ4v) is 2.88. The molecule has 0 saturated heterocycles. The van der Waals surface area contributed by atoms with Gasteiger partial charge in [-0.1, -0.05) is 35.3 Å². The van der Waals surface area contributed by atoms with Gasteiger partial charge in [-0.3, -0.25) is 25.5 Å². The summed E-state index contributed by atoms with van der Waals surface area (Å²) in [6, 6.07) is 10.1. The van der Waals surface area contributed by atoms with Crippen LogP contribution in [0.4, 0.5) is 0 Å². The van der Waals surface area contributed by atoms with Crippen molar-refractivity contribution >= 4 is 45.9 Å². The number of rotatable bonds is 6. The fraction of sp³-hybridized carbons (Fsp3) is 0.167. The van der Waals surface area contributed by atoms with E-state index in [4.69, 9.17) is 27.9 Å². The van der Waals surface area contributed by atoms with Gasteiger partial charge in [-0.2, -0.15) is 5.10 Å². The van der Waals surface area contributed by atoms with Crippen molar-refractivity contribution < 1.29 is 14.3 Å². The second-order valence-electron chi connectivity index (χ2n) is 5.67. The molecule has 2 aromatic carbocycles. The van der Waals surface area contributed by atoms with E-state index in [0.29, 0.717) is 39.9 Å². The average molecular weight is 407 g/mol. The van der Waals surface area contributed by atoms with Crippen molar-refractivity contribution in [2.75, 3.05) is 6.61 Å². The van der Waals surface area contributed by atoms with Gasteiger partial charge in [-0.25, -0.2) is 0 Å². The third-order valence-corrected chi connectivity index (χ3v) is 4.27. The standard InChI is InChI=1S/C18H16Cl2N4O3/c19-12-6-7-15(14(20)9-12)27-8-2-5-16(25)22-24-18(26)13-4-1-3-11-10-21-23-17(11)13/h1,3-4,6-7,9-10H,2,5,8H2,(H,21,23)(H,22,25)(H,24,26). The Balaban J connectivity index is 1.42. The number of hydrogen-bond acceptors (Lipinski definition) is 4. The molecule has 3 rings (SSSR count). The van der Waals surface area contributed by atoms with Crippen LogP contribution >= 0.6 is 23.2 Å². The number of carbonyl (C=O) groups excluding carboxylic acids is 2. The van der Waals surface area contributed by atoms with Crippen molar-refractivity contribution in [2.24, 2.45) is 0 Å². The highest BCUT2D eigenvalue weighted by atomic mass is 35.5. The van der Waals surface area contributed by atoms with E-state index in [1.807, 2.05) is 6.07 Å². The average Bonchev–Trinajstić information content (AvgIpc) is 3.13. The molecule has 0 saturated carbocycles. The van der Waals surface area contributed by atoms with Crippen LogP contribution in [0.15, 0.2) is 42.6 Å². The molecule has 2 amide bonds. The molecule has 27 heavy (non-hydrogen) atoms. The molecule has 0 atom stereocenters. The van der Waals surface area contributed by atoms with Gasteiger partial charge < -0.3 is 4.74 Å². The van der Waals surface area contributed by atoms with Crippen LogP contribution in [-0.4, -0.2) is 28.6 Å². The number of carbonyl (C=O) groups is 2. The highest BCUT2D eigenvalue weighted by molar-refractivity contribution is 6.35. The first-order valence-electron chi connectivity index (χ1n) is 8.14. The maximum Gasteiger partial charge on any atom is 0.271 e. The van der Waals surface area contributed by atoms with E-state index >= 15 is 0 Å². The van der Waals surface area contributed by atoms with E-state index < -0.39 is 5.91 Å². The molecule has 9 heteroatoms. The Hall–Kier alpha value is -2.77. The van der Waals surface area contributed by atoms with Crippen molar-refractivity contribution in [3.8, 4) is 5.75 Å². The smallest absolute Gasteiger partial charge is 0.271 e. The molecule has 0 fully saturated rings. The quantitative estimate of drug-likeness (QED) is 0.431. The van der Waals surface area contributed by atoms with E-state index in [2.05, 4.69) is 21.0 Å². The maximum absolute atomic E-state index is 12.2. The number of H-pyrrole nitrogens is 1. The van der Waals surface area contributed by atoms with Gasteiger partial charge in [-0.15, -0.1) is 0 Å². The summed E-state index contributed by atoms with van der Waals surface area (Å²) in [5.74, 6) is -0.254. The Labute approximate surface area is 165 Å². The number of hydrogen-bond donors (Lipinski definition) is 3. The van der Waals surface area contributed by atoms with Crippen molar-refractivity contribution in [1.82, 2.24) is 21.0 Å². The molecule has 0 aliphatic rings. The largest absolute Gasteiger partial charge is 0.492 e. The molecule has 1 heterocycles. The molecular weight excluding hydrogens is 391 g/mol. The Morgan fingerprint density at radius 3 is 2.81 bits per heavy atom. The number of hydrazine groups is 1. The number of benzene rings is 2. The lowest BCUT2D eigenvalue weighted by Gasteiger charge is -2.09. The van der Waals surface area contributed by atoms with Crippen LogP contribution < -0.4 is 15.6 Å². The number of nitrogens with zero attached hydrogens (tertiary/aromatic N) is 1. The number of aromatic nitrogens is 2. The van der Waals surface area contributed by atoms with Gasteiger partial charge in [0.05, 0.1) is 28.9 Å². The van der Waals surface area contributed by atoms with Gasteiger partial charge >= 0.3 is 0 Å². The van der Waals surface area contributed by atoms with E-state index in [-0.39, 0.29) is 12.3 Å². The van der Waals surface area contributed by atoms with Crippen LogP contribution in [0, 0.1) is 0 Å². The fourth-order valence-electron chi connectivity index (χ4n) is 2.42. The number of ether oxygens (including phenoxy) is 1. The first-order valence-corrected chi connectivity index (χ1v) is 8.89. The molecule has 1 aromatic heterocycles. The van der Waals surface area contributed by atoms with E-state index in [9.17, 15) is 9.59 Å². The molecule has 7 nitrogen and oxygen atoms in total. The summed E-state index contributed by atoms with van der Waals surface area (Å²) < 4.78 is 5.51. The number of amides is 2. The van der Waals surface area contributed by atoms with Crippen LogP contribution in [0.1, 0.15) is 23.2 Å². The van der Waals surface area contributed by atoms with Gasteiger partial charge in [0.15, 0.2) is 0 Å². The summed E-state index contributed by atoms with van der Waals surface area (Å²) in [5.41, 5.74) is 5.78. The Morgan fingerprint density at radius 1 is 1.15 bits per heavy atom. The minimum absolute atomic E-state index is 0.180. The molecule has 3 N–H and O–H groups in total. The number of halogens is 2. The Bertz CT molecular complexity index is 974. The molecule has 0 aliphatic heterocycles. The van der Waals surface area contributed by atoms with Gasteiger partial charge in [0.1, 0.15) is 5.75 Å². The zero-order valence-electron chi connectivity index (χ0n) is 14.1. The van der Waals surface area contributed by atoms with Gasteiger partial charge in [0.2, 0.25) is 5.91 Å². The highest BCUT2D eigenvalue weighted by Crippen LogP contribution is 2.27. The predicted octanol–water partition coefficient (Wildman–Crippen LogP) is 3.49. The zero-order chi connectivity index (χ0) is 19.2. The monoisotopic (exact) mass is 406 g/mol. The van der Waals surface area contributed by atoms with Crippen molar-refractivity contribution in [3.05, 3.63) is 58.2 Å². The third-order valence-electron chi connectivity index (χ3n) is 3.74. The lowest BCUT2D eigenvalue weighted by molar-refractivity contribution is -0.122. The van der Waals surface area contributed by atoms with E-state index in [1.165, 1.54) is 0 Å². The van der Waals surface area contributed by atoms with Crippen LogP contribution in [0.3, 0.4) is 0 Å². The second-order valence-corrected chi connectivity index (χ2v) is 6.51. The second kappa shape index (κ2) is 8.75. The van der Waals surface area contributed by atoms with Crippen molar-refractivity contribution in [1.29, 1.82) is 0 Å². The lowest BCUT2D eigenvalue weighted by atomic mass is 10.1. The zero-order valence-corrected chi connectivity index (χ0v) is 15.6. The van der Waals surface area contributed by atoms with Gasteiger partial charge in [0.25, 0.3) is 5.91 Å². The Morgan fingerprint density at radius 2 is 2.00 bits per heavy atom. The molecule has 0 unspecified atom stereocenters. The molecule has 3 aromatic rings. The summed E-state index contributed by atoms with van der Waals surface area (Å²) in [5, 5.41) is 8.41. The van der Waals surface area contributed by atoms with E-state index in [1.54, 1.807) is 36.5 Å². The maximum atomic E-state index is 12.2. The topological polar surface area (TPSA) is 96.1 Å². The number of nitrogens with one attached hydrogen (secondary N) is 3. The van der Waals surface area contributed by atoms with Crippen molar-refractivity contribution in [3.63, 3.8) is 0 Å². The van der Waals surface area contributed by atoms with Gasteiger partial charge in [-0.05, 0) is 30.7 Å². The summed E-state index contributed by atoms with van der Waals surface area (Å²) in [7, 11) is 0. The number of para-hydroxylation sites is 1. The summed E-state index contributed by atoms with van der Waals surface area (Å²) in [4.78, 5) is 24.1. The van der Waals surface area contributed by atoms with Gasteiger partial charge in [0, 0.05) is 16.8 Å². The summed E-state index contributed by atoms with van der Waals surface area (Å²) in [6.07, 6.45) is 2.26. The minimum Gasteiger partial charge on any atom is -0.492 e. The van der Waals surface area contributed by atoms with Crippen LogP contribution in [0.25, 0.3) is 10.9 Å². The normalized spacial score (nSPS) is 10.6. The molecule has 0 aliphatic carbocycles. The minimum atomic E-state index is -0.428. The van der Waals surface area contributed by atoms with Crippen LogP contribution in [0.5, 0.6) is 5.75 Å². The molecule has 0 bridgehead atoms. The highest BCUT2D eigenvalue weighted by Gasteiger charge is 2.12. The number of aromatic amines is 1. The summed E-state index contributed by atoms with van der Waals surface area (Å²) >= 11 is 11.8. The van der Waals surface area contributed by atoms with Crippen LogP contribution in [-0.2, 0) is 4.79 Å². The molecule has 140 valence electrons. The predicted molar refractivity (Wildman–Crippen MR) is 103 cm³/mol.